The van der Waals surface area contributed by atoms with Crippen LogP contribution in [0.15, 0.2) is 88.6 Å². The van der Waals surface area contributed by atoms with E-state index < -0.39 is 29.7 Å². The van der Waals surface area contributed by atoms with Crippen molar-refractivity contribution in [3.8, 4) is 0 Å². The molecule has 34 heavy (non-hydrogen) atoms. The van der Waals surface area contributed by atoms with Crippen LogP contribution in [0.3, 0.4) is 0 Å². The molecule has 0 unspecified atom stereocenters. The van der Waals surface area contributed by atoms with Crippen LogP contribution < -0.4 is 16.6 Å². The number of amides is 1. The minimum atomic E-state index is -0.894. The maximum atomic E-state index is 12.5. The molecule has 1 aliphatic rings. The molecule has 0 saturated carbocycles. The third kappa shape index (κ3) is 5.41. The first-order valence-electron chi connectivity index (χ1n) is 11.1. The summed E-state index contributed by atoms with van der Waals surface area (Å²) >= 11 is 0. The van der Waals surface area contributed by atoms with E-state index in [1.807, 2.05) is 60.7 Å². The van der Waals surface area contributed by atoms with Gasteiger partial charge < -0.3 is 15.2 Å². The van der Waals surface area contributed by atoms with Crippen molar-refractivity contribution in [3.05, 3.63) is 117 Å². The number of aromatic amines is 1. The Morgan fingerprint density at radius 3 is 2.38 bits per heavy atom. The Bertz CT molecular complexity index is 1230. The first-order valence-corrected chi connectivity index (χ1v) is 11.1. The highest BCUT2D eigenvalue weighted by atomic mass is 16.5. The fourth-order valence-corrected chi connectivity index (χ4v) is 4.06. The van der Waals surface area contributed by atoms with E-state index in [9.17, 15) is 19.5 Å². The lowest BCUT2D eigenvalue weighted by Gasteiger charge is -2.18. The number of aliphatic hydroxyl groups is 1. The zero-order chi connectivity index (χ0) is 24.1. The van der Waals surface area contributed by atoms with Gasteiger partial charge in [0.1, 0.15) is 12.3 Å². The Morgan fingerprint density at radius 2 is 1.76 bits per heavy atom. The molecule has 3 N–H and O–H groups in total. The van der Waals surface area contributed by atoms with Gasteiger partial charge in [-0.25, -0.2) is 4.79 Å². The van der Waals surface area contributed by atoms with Crippen LogP contribution in [-0.2, 0) is 9.53 Å². The lowest BCUT2D eigenvalue weighted by atomic mass is 9.91. The second-order valence-corrected chi connectivity index (χ2v) is 8.32. The number of nitrogens with one attached hydrogen (secondary N) is 2. The van der Waals surface area contributed by atoms with Crippen LogP contribution in [0.2, 0.25) is 0 Å². The van der Waals surface area contributed by atoms with Crippen LogP contribution in [0.1, 0.15) is 35.3 Å². The molecule has 0 spiro atoms. The molecule has 1 saturated heterocycles. The van der Waals surface area contributed by atoms with Crippen molar-refractivity contribution in [2.24, 2.45) is 0 Å². The molecule has 2 heterocycles. The Morgan fingerprint density at radius 1 is 1.15 bits per heavy atom. The van der Waals surface area contributed by atoms with E-state index in [1.165, 1.54) is 22.9 Å². The number of hydrogen-bond acceptors (Lipinski definition) is 5. The normalized spacial score (nSPS) is 20.1. The molecule has 8 nitrogen and oxygen atoms in total. The molecule has 0 radical (unpaired) electrons. The number of H-pyrrole nitrogens is 1. The van der Waals surface area contributed by atoms with Gasteiger partial charge in [-0.15, -0.1) is 0 Å². The minimum Gasteiger partial charge on any atom is -0.390 e. The predicted molar refractivity (Wildman–Crippen MR) is 127 cm³/mol. The van der Waals surface area contributed by atoms with Gasteiger partial charge in [-0.2, -0.15) is 0 Å². The molecular formula is C26H27N3O5. The van der Waals surface area contributed by atoms with Crippen molar-refractivity contribution in [1.29, 1.82) is 0 Å². The van der Waals surface area contributed by atoms with Crippen molar-refractivity contribution in [2.75, 3.05) is 6.54 Å². The van der Waals surface area contributed by atoms with Gasteiger partial charge in [0.2, 0.25) is 5.91 Å². The Labute approximate surface area is 196 Å². The lowest BCUT2D eigenvalue weighted by molar-refractivity contribution is -0.116. The van der Waals surface area contributed by atoms with Crippen molar-refractivity contribution in [3.63, 3.8) is 0 Å². The smallest absolute Gasteiger partial charge is 0.330 e. The summed E-state index contributed by atoms with van der Waals surface area (Å²) in [4.78, 5) is 38.5. The Hall–Kier alpha value is -3.75. The van der Waals surface area contributed by atoms with E-state index in [4.69, 9.17) is 4.74 Å². The van der Waals surface area contributed by atoms with Gasteiger partial charge in [-0.3, -0.25) is 19.1 Å². The first-order chi connectivity index (χ1) is 16.4. The monoisotopic (exact) mass is 461 g/mol. The molecule has 8 heteroatoms. The minimum absolute atomic E-state index is 0.00666. The Balaban J connectivity index is 1.40. The number of nitrogens with zero attached hydrogens (tertiary/aromatic N) is 1. The SMILES string of the molecule is Cc1cn([C@H]2C[C@H](O)[C@@H](/C=C/C(=O)NCC(c3ccccc3)c3ccccc3)O2)c(=O)[nH]c1=O. The summed E-state index contributed by atoms with van der Waals surface area (Å²) in [5.74, 6) is -0.319. The predicted octanol–water partition coefficient (Wildman–Crippen LogP) is 2.00. The molecule has 1 fully saturated rings. The third-order valence-corrected chi connectivity index (χ3v) is 5.91. The maximum absolute atomic E-state index is 12.5. The Kier molecular flexibility index (Phi) is 7.20. The topological polar surface area (TPSA) is 113 Å². The molecule has 0 aliphatic carbocycles. The third-order valence-electron chi connectivity index (χ3n) is 5.91. The van der Waals surface area contributed by atoms with Crippen molar-refractivity contribution >= 4 is 5.91 Å². The average Bonchev–Trinajstić information content (AvgIpc) is 3.21. The van der Waals surface area contributed by atoms with E-state index >= 15 is 0 Å². The van der Waals surface area contributed by atoms with Crippen LogP contribution in [-0.4, -0.2) is 39.3 Å². The number of hydrogen-bond donors (Lipinski definition) is 3. The number of benzene rings is 2. The van der Waals surface area contributed by atoms with Crippen LogP contribution >= 0.6 is 0 Å². The molecule has 4 rings (SSSR count). The summed E-state index contributed by atoms with van der Waals surface area (Å²) in [7, 11) is 0. The van der Waals surface area contributed by atoms with Crippen molar-refractivity contribution in [2.45, 2.75) is 37.7 Å². The fourth-order valence-electron chi connectivity index (χ4n) is 4.06. The zero-order valence-electron chi connectivity index (χ0n) is 18.8. The lowest BCUT2D eigenvalue weighted by Crippen LogP contribution is -2.33. The largest absolute Gasteiger partial charge is 0.390 e. The van der Waals surface area contributed by atoms with E-state index in [0.717, 1.165) is 11.1 Å². The molecule has 1 aromatic heterocycles. The van der Waals surface area contributed by atoms with Crippen LogP contribution in [0.5, 0.6) is 0 Å². The number of aromatic nitrogens is 2. The summed E-state index contributed by atoms with van der Waals surface area (Å²) in [6, 6.07) is 19.9. The zero-order valence-corrected chi connectivity index (χ0v) is 18.8. The van der Waals surface area contributed by atoms with Gasteiger partial charge >= 0.3 is 5.69 Å². The fraction of sp³-hybridized carbons (Fsp3) is 0.269. The average molecular weight is 462 g/mol. The van der Waals surface area contributed by atoms with Crippen LogP contribution in [0.4, 0.5) is 0 Å². The number of carbonyl (C=O) groups is 1. The molecule has 0 bridgehead atoms. The number of aliphatic hydroxyl groups excluding tert-OH is 1. The van der Waals surface area contributed by atoms with E-state index in [-0.39, 0.29) is 18.2 Å². The highest BCUT2D eigenvalue weighted by Crippen LogP contribution is 2.28. The maximum Gasteiger partial charge on any atom is 0.330 e. The van der Waals surface area contributed by atoms with Crippen LogP contribution in [0, 0.1) is 6.92 Å². The number of ether oxygens (including phenoxy) is 1. The first kappa shape index (κ1) is 23.4. The summed E-state index contributed by atoms with van der Waals surface area (Å²) in [5.41, 5.74) is 1.48. The summed E-state index contributed by atoms with van der Waals surface area (Å²) in [6.07, 6.45) is 2.00. The van der Waals surface area contributed by atoms with Gasteiger partial charge in [0.25, 0.3) is 5.56 Å². The molecule has 1 aliphatic heterocycles. The summed E-state index contributed by atoms with van der Waals surface area (Å²) < 4.78 is 7.02. The standard InChI is InChI=1S/C26H27N3O5/c1-17-16-29(26(33)28-25(17)32)24-14-21(30)22(34-24)12-13-23(31)27-15-20(18-8-4-2-5-9-18)19-10-6-3-7-11-19/h2-13,16,20-22,24,30H,14-15H2,1H3,(H,27,31)(H,28,32,33)/b13-12+/t21-,22+,24+/m0/s1. The highest BCUT2D eigenvalue weighted by molar-refractivity contribution is 5.87. The molecule has 3 atom stereocenters. The van der Waals surface area contributed by atoms with E-state index in [0.29, 0.717) is 12.1 Å². The molecule has 176 valence electrons. The second-order valence-electron chi connectivity index (χ2n) is 8.32. The number of rotatable bonds is 7. The van der Waals surface area contributed by atoms with Gasteiger partial charge in [0.05, 0.1) is 6.10 Å². The second kappa shape index (κ2) is 10.5. The molecule has 3 aromatic rings. The molecule has 2 aromatic carbocycles. The van der Waals surface area contributed by atoms with Gasteiger partial charge in [-0.1, -0.05) is 60.7 Å². The van der Waals surface area contributed by atoms with Gasteiger partial charge in [0, 0.05) is 36.7 Å². The van der Waals surface area contributed by atoms with Crippen molar-refractivity contribution < 1.29 is 14.6 Å². The molecular weight excluding hydrogens is 434 g/mol. The highest BCUT2D eigenvalue weighted by Gasteiger charge is 2.34. The summed E-state index contributed by atoms with van der Waals surface area (Å²) in [6.45, 7) is 1.99. The number of aryl methyl sites for hydroxylation is 1. The summed E-state index contributed by atoms with van der Waals surface area (Å²) in [5, 5.41) is 13.3. The van der Waals surface area contributed by atoms with E-state index in [2.05, 4.69) is 10.3 Å². The van der Waals surface area contributed by atoms with E-state index in [1.54, 1.807) is 6.92 Å². The van der Waals surface area contributed by atoms with Gasteiger partial charge in [-0.05, 0) is 24.1 Å². The number of carbonyl (C=O) groups excluding carboxylic acids is 1. The van der Waals surface area contributed by atoms with Gasteiger partial charge in [0.15, 0.2) is 0 Å². The molecule has 1 amide bonds. The quantitative estimate of drug-likeness (QED) is 0.466. The van der Waals surface area contributed by atoms with Crippen LogP contribution in [0.25, 0.3) is 0 Å². The van der Waals surface area contributed by atoms with Crippen molar-refractivity contribution in [1.82, 2.24) is 14.9 Å².